The SMILES string of the molecule is Cc1ccc(C(C)(C)C[C@@H](C)NCCc2c[nH]c3ccccc23)o1. The number of benzene rings is 1. The lowest BCUT2D eigenvalue weighted by molar-refractivity contribution is 0.320. The fourth-order valence-electron chi connectivity index (χ4n) is 3.53. The first-order chi connectivity index (χ1) is 11.5. The molecule has 2 N–H and O–H groups in total. The molecule has 0 spiro atoms. The number of para-hydroxylation sites is 1. The van der Waals surface area contributed by atoms with Crippen molar-refractivity contribution in [1.29, 1.82) is 0 Å². The molecule has 0 saturated carbocycles. The summed E-state index contributed by atoms with van der Waals surface area (Å²) in [6, 6.07) is 13.1. The molecular formula is C21H28N2O. The number of furan rings is 1. The van der Waals surface area contributed by atoms with E-state index in [4.69, 9.17) is 4.42 Å². The maximum Gasteiger partial charge on any atom is 0.109 e. The minimum atomic E-state index is 0.0431. The van der Waals surface area contributed by atoms with Gasteiger partial charge in [0.05, 0.1) is 0 Å². The van der Waals surface area contributed by atoms with Crippen LogP contribution in [0.2, 0.25) is 0 Å². The van der Waals surface area contributed by atoms with Gasteiger partial charge in [-0.25, -0.2) is 0 Å². The lowest BCUT2D eigenvalue weighted by Crippen LogP contribution is -2.34. The number of hydrogen-bond donors (Lipinski definition) is 2. The number of aromatic nitrogens is 1. The van der Waals surface area contributed by atoms with Crippen LogP contribution in [0.15, 0.2) is 47.0 Å². The maximum atomic E-state index is 5.83. The van der Waals surface area contributed by atoms with Gasteiger partial charge < -0.3 is 14.7 Å². The lowest BCUT2D eigenvalue weighted by Gasteiger charge is -2.26. The first-order valence-corrected chi connectivity index (χ1v) is 8.81. The van der Waals surface area contributed by atoms with Crippen LogP contribution in [0.3, 0.4) is 0 Å². The molecule has 0 amide bonds. The highest BCUT2D eigenvalue weighted by Gasteiger charge is 2.26. The minimum absolute atomic E-state index is 0.0431. The van der Waals surface area contributed by atoms with Crippen molar-refractivity contribution in [3.05, 3.63) is 59.7 Å². The van der Waals surface area contributed by atoms with Gasteiger partial charge in [-0.1, -0.05) is 32.0 Å². The average Bonchev–Trinajstić information content (AvgIpc) is 3.14. The third kappa shape index (κ3) is 3.73. The topological polar surface area (TPSA) is 41.0 Å². The summed E-state index contributed by atoms with van der Waals surface area (Å²) in [5.41, 5.74) is 2.64. The van der Waals surface area contributed by atoms with E-state index in [1.54, 1.807) is 0 Å². The van der Waals surface area contributed by atoms with Crippen molar-refractivity contribution < 1.29 is 4.42 Å². The summed E-state index contributed by atoms with van der Waals surface area (Å²) in [5.74, 6) is 2.06. The van der Waals surface area contributed by atoms with Gasteiger partial charge in [0.1, 0.15) is 11.5 Å². The maximum absolute atomic E-state index is 5.83. The highest BCUT2D eigenvalue weighted by Crippen LogP contribution is 2.29. The third-order valence-corrected chi connectivity index (χ3v) is 4.79. The molecule has 24 heavy (non-hydrogen) atoms. The molecule has 0 aliphatic heterocycles. The first-order valence-electron chi connectivity index (χ1n) is 8.81. The molecule has 0 aliphatic carbocycles. The smallest absolute Gasteiger partial charge is 0.109 e. The number of nitrogens with one attached hydrogen (secondary N) is 2. The van der Waals surface area contributed by atoms with Crippen molar-refractivity contribution in [2.24, 2.45) is 0 Å². The highest BCUT2D eigenvalue weighted by molar-refractivity contribution is 5.83. The van der Waals surface area contributed by atoms with Gasteiger partial charge in [-0.2, -0.15) is 0 Å². The lowest BCUT2D eigenvalue weighted by atomic mass is 9.83. The van der Waals surface area contributed by atoms with Gasteiger partial charge in [0.25, 0.3) is 0 Å². The minimum Gasteiger partial charge on any atom is -0.466 e. The van der Waals surface area contributed by atoms with E-state index in [-0.39, 0.29) is 5.41 Å². The second-order valence-corrected chi connectivity index (χ2v) is 7.46. The molecule has 0 bridgehead atoms. The predicted molar refractivity (Wildman–Crippen MR) is 101 cm³/mol. The monoisotopic (exact) mass is 324 g/mol. The van der Waals surface area contributed by atoms with Crippen LogP contribution < -0.4 is 5.32 Å². The molecule has 2 heterocycles. The number of fused-ring (bicyclic) bond motifs is 1. The molecule has 3 heteroatoms. The fourth-order valence-corrected chi connectivity index (χ4v) is 3.53. The van der Waals surface area contributed by atoms with Gasteiger partial charge in [-0.15, -0.1) is 0 Å². The van der Waals surface area contributed by atoms with Crippen molar-refractivity contribution in [2.75, 3.05) is 6.54 Å². The summed E-state index contributed by atoms with van der Waals surface area (Å²) in [5, 5.41) is 4.99. The van der Waals surface area contributed by atoms with E-state index < -0.39 is 0 Å². The molecule has 1 atom stereocenters. The summed E-state index contributed by atoms with van der Waals surface area (Å²) in [6.45, 7) is 9.75. The van der Waals surface area contributed by atoms with Crippen LogP contribution >= 0.6 is 0 Å². The molecule has 0 aliphatic rings. The van der Waals surface area contributed by atoms with Gasteiger partial charge in [0, 0.05) is 28.6 Å². The molecule has 0 unspecified atom stereocenters. The number of hydrogen-bond acceptors (Lipinski definition) is 2. The molecule has 1 aromatic carbocycles. The van der Waals surface area contributed by atoms with E-state index in [0.29, 0.717) is 6.04 Å². The van der Waals surface area contributed by atoms with Crippen LogP contribution in [-0.4, -0.2) is 17.6 Å². The summed E-state index contributed by atoms with van der Waals surface area (Å²) in [4.78, 5) is 3.35. The van der Waals surface area contributed by atoms with Gasteiger partial charge in [-0.05, 0) is 57.0 Å². The number of aromatic amines is 1. The van der Waals surface area contributed by atoms with Crippen LogP contribution in [0.1, 0.15) is 44.3 Å². The predicted octanol–water partition coefficient (Wildman–Crippen LogP) is 4.96. The molecule has 0 saturated heterocycles. The molecular weight excluding hydrogens is 296 g/mol. The molecule has 0 radical (unpaired) electrons. The number of rotatable bonds is 7. The Hall–Kier alpha value is -2.00. The Bertz CT molecular complexity index is 797. The zero-order valence-corrected chi connectivity index (χ0v) is 15.1. The Morgan fingerprint density at radius 2 is 1.96 bits per heavy atom. The van der Waals surface area contributed by atoms with E-state index in [0.717, 1.165) is 30.9 Å². The third-order valence-electron chi connectivity index (χ3n) is 4.79. The zero-order chi connectivity index (χ0) is 17.2. The zero-order valence-electron chi connectivity index (χ0n) is 15.1. The summed E-state index contributed by atoms with van der Waals surface area (Å²) >= 11 is 0. The molecule has 3 nitrogen and oxygen atoms in total. The fraction of sp³-hybridized carbons (Fsp3) is 0.429. The second-order valence-electron chi connectivity index (χ2n) is 7.46. The Morgan fingerprint density at radius 1 is 1.17 bits per heavy atom. The standard InChI is InChI=1S/C21H28N2O/c1-15(13-21(3,4)20-10-9-16(2)24-20)22-12-11-17-14-23-19-8-6-5-7-18(17)19/h5-10,14-15,22-23H,11-13H2,1-4H3/t15-/m1/s1. The Kier molecular flexibility index (Phi) is 4.81. The normalized spacial score (nSPS) is 13.5. The van der Waals surface area contributed by atoms with Gasteiger partial charge >= 0.3 is 0 Å². The van der Waals surface area contributed by atoms with Crippen LogP contribution in [-0.2, 0) is 11.8 Å². The molecule has 2 aromatic heterocycles. The Labute approximate surface area is 144 Å². The van der Waals surface area contributed by atoms with Crippen molar-refractivity contribution in [2.45, 2.75) is 52.0 Å². The molecule has 3 rings (SSSR count). The molecule has 0 fully saturated rings. The van der Waals surface area contributed by atoms with Gasteiger partial charge in [0.2, 0.25) is 0 Å². The van der Waals surface area contributed by atoms with E-state index in [9.17, 15) is 0 Å². The summed E-state index contributed by atoms with van der Waals surface area (Å²) < 4.78 is 5.83. The van der Waals surface area contributed by atoms with Crippen molar-refractivity contribution in [3.8, 4) is 0 Å². The van der Waals surface area contributed by atoms with E-state index in [1.807, 2.05) is 13.0 Å². The van der Waals surface area contributed by atoms with Gasteiger partial charge in [-0.3, -0.25) is 0 Å². The average molecular weight is 324 g/mol. The quantitative estimate of drug-likeness (QED) is 0.645. The number of aryl methyl sites for hydroxylation is 1. The van der Waals surface area contributed by atoms with Crippen molar-refractivity contribution in [3.63, 3.8) is 0 Å². The summed E-state index contributed by atoms with van der Waals surface area (Å²) in [7, 11) is 0. The number of H-pyrrole nitrogens is 1. The second kappa shape index (κ2) is 6.86. The van der Waals surface area contributed by atoms with E-state index in [1.165, 1.54) is 16.5 Å². The van der Waals surface area contributed by atoms with Crippen molar-refractivity contribution in [1.82, 2.24) is 10.3 Å². The molecule has 3 aromatic rings. The largest absolute Gasteiger partial charge is 0.466 e. The van der Waals surface area contributed by atoms with E-state index in [2.05, 4.69) is 67.6 Å². The summed E-state index contributed by atoms with van der Waals surface area (Å²) in [6.07, 6.45) is 4.22. The van der Waals surface area contributed by atoms with Crippen LogP contribution in [0.4, 0.5) is 0 Å². The Balaban J connectivity index is 1.53. The first kappa shape index (κ1) is 16.8. The molecule has 128 valence electrons. The van der Waals surface area contributed by atoms with Crippen LogP contribution in [0, 0.1) is 6.92 Å². The van der Waals surface area contributed by atoms with Crippen LogP contribution in [0.5, 0.6) is 0 Å². The van der Waals surface area contributed by atoms with Crippen molar-refractivity contribution >= 4 is 10.9 Å². The highest BCUT2D eigenvalue weighted by atomic mass is 16.3. The van der Waals surface area contributed by atoms with Gasteiger partial charge in [0.15, 0.2) is 0 Å². The van der Waals surface area contributed by atoms with Crippen LogP contribution in [0.25, 0.3) is 10.9 Å². The Morgan fingerprint density at radius 3 is 2.71 bits per heavy atom. The van der Waals surface area contributed by atoms with E-state index >= 15 is 0 Å².